The molecule has 3 aromatic rings. The van der Waals surface area contributed by atoms with E-state index in [1.54, 1.807) is 13.2 Å². The summed E-state index contributed by atoms with van der Waals surface area (Å²) in [5.74, 6) is 1.14. The Kier molecular flexibility index (Phi) is 8.76. The molecule has 1 aliphatic heterocycles. The molecular formula is C28H35N5O3. The number of aryl methyl sites for hydroxylation is 2. The number of nitrogens with zero attached hydrogens (tertiary/aromatic N) is 3. The highest BCUT2D eigenvalue weighted by Gasteiger charge is 2.15. The predicted molar refractivity (Wildman–Crippen MR) is 143 cm³/mol. The highest BCUT2D eigenvalue weighted by Crippen LogP contribution is 2.22. The molecule has 2 heterocycles. The smallest absolute Gasteiger partial charge is 0.274 e. The van der Waals surface area contributed by atoms with E-state index < -0.39 is 0 Å². The number of anilines is 3. The summed E-state index contributed by atoms with van der Waals surface area (Å²) in [6.07, 6.45) is 3.45. The SMILES string of the molecule is CCN1CCN(c2ccc(Nc3ccc(CCc4cc(OC)cc(C(=O)NOC)c4)cn3)cc2)CC1. The van der Waals surface area contributed by atoms with Gasteiger partial charge in [0.1, 0.15) is 11.6 Å². The molecule has 8 heteroatoms. The Balaban J connectivity index is 1.32. The number of aromatic nitrogens is 1. The van der Waals surface area contributed by atoms with Crippen LogP contribution in [0.15, 0.2) is 60.8 Å². The van der Waals surface area contributed by atoms with Gasteiger partial charge in [-0.3, -0.25) is 9.63 Å². The standard InChI is InChI=1S/C28H35N5O3/c1-4-32-13-15-33(16-14-32)25-10-8-24(9-11-25)30-27-12-7-21(20-29-27)5-6-22-17-23(28(34)31-36-3)19-26(18-22)35-2/h7-12,17-20H,4-6,13-16H2,1-3H3,(H,29,30)(H,31,34). The molecule has 8 nitrogen and oxygen atoms in total. The molecule has 1 aliphatic rings. The van der Waals surface area contributed by atoms with Crippen LogP contribution in [0.5, 0.6) is 5.75 Å². The fourth-order valence-corrected chi connectivity index (χ4v) is 4.37. The van der Waals surface area contributed by atoms with Gasteiger partial charge in [0.25, 0.3) is 5.91 Å². The number of hydrogen-bond acceptors (Lipinski definition) is 7. The maximum Gasteiger partial charge on any atom is 0.274 e. The van der Waals surface area contributed by atoms with Gasteiger partial charge in [0.2, 0.25) is 0 Å². The van der Waals surface area contributed by atoms with Crippen molar-refractivity contribution in [3.8, 4) is 5.75 Å². The van der Waals surface area contributed by atoms with Crippen LogP contribution in [0.2, 0.25) is 0 Å². The van der Waals surface area contributed by atoms with E-state index in [4.69, 9.17) is 9.57 Å². The largest absolute Gasteiger partial charge is 0.497 e. The third-order valence-corrected chi connectivity index (χ3v) is 6.51. The van der Waals surface area contributed by atoms with Gasteiger partial charge >= 0.3 is 0 Å². The lowest BCUT2D eigenvalue weighted by Gasteiger charge is -2.35. The number of ether oxygens (including phenoxy) is 1. The van der Waals surface area contributed by atoms with Crippen LogP contribution in [0, 0.1) is 0 Å². The van der Waals surface area contributed by atoms with Crippen LogP contribution in [-0.4, -0.2) is 62.7 Å². The Morgan fingerprint density at radius 3 is 2.33 bits per heavy atom. The summed E-state index contributed by atoms with van der Waals surface area (Å²) in [5, 5.41) is 3.39. The molecule has 2 aromatic carbocycles. The molecule has 1 amide bonds. The number of hydrogen-bond donors (Lipinski definition) is 2. The van der Waals surface area contributed by atoms with Crippen molar-refractivity contribution in [1.29, 1.82) is 0 Å². The maximum atomic E-state index is 12.1. The van der Waals surface area contributed by atoms with Crippen LogP contribution in [-0.2, 0) is 17.7 Å². The third-order valence-electron chi connectivity index (χ3n) is 6.51. The van der Waals surface area contributed by atoms with Crippen LogP contribution < -0.4 is 20.4 Å². The maximum absolute atomic E-state index is 12.1. The topological polar surface area (TPSA) is 79.0 Å². The first-order valence-corrected chi connectivity index (χ1v) is 12.4. The molecule has 0 aliphatic carbocycles. The number of methoxy groups -OCH3 is 1. The summed E-state index contributed by atoms with van der Waals surface area (Å²) < 4.78 is 5.35. The number of carbonyl (C=O) groups excluding carboxylic acids is 1. The van der Waals surface area contributed by atoms with Gasteiger partial charge in [-0.25, -0.2) is 10.5 Å². The molecule has 0 radical (unpaired) electrons. The van der Waals surface area contributed by atoms with Crippen LogP contribution in [0.4, 0.5) is 17.2 Å². The average molecular weight is 490 g/mol. The Morgan fingerprint density at radius 2 is 1.69 bits per heavy atom. The quantitative estimate of drug-likeness (QED) is 0.416. The predicted octanol–water partition coefficient (Wildman–Crippen LogP) is 4.05. The molecule has 0 unspecified atom stereocenters. The molecule has 0 spiro atoms. The van der Waals surface area contributed by atoms with E-state index in [0.717, 1.165) is 68.2 Å². The van der Waals surface area contributed by atoms with Crippen molar-refractivity contribution >= 4 is 23.1 Å². The van der Waals surface area contributed by atoms with E-state index >= 15 is 0 Å². The molecule has 190 valence electrons. The molecule has 2 N–H and O–H groups in total. The lowest BCUT2D eigenvalue weighted by Crippen LogP contribution is -2.46. The van der Waals surface area contributed by atoms with E-state index in [-0.39, 0.29) is 5.91 Å². The number of benzene rings is 2. The van der Waals surface area contributed by atoms with E-state index in [0.29, 0.717) is 11.3 Å². The van der Waals surface area contributed by atoms with Crippen molar-refractivity contribution in [2.75, 3.05) is 57.2 Å². The molecule has 36 heavy (non-hydrogen) atoms. The number of likely N-dealkylation sites (N-methyl/N-ethyl adjacent to an activating group) is 1. The van der Waals surface area contributed by atoms with Gasteiger partial charge in [-0.05, 0) is 79.0 Å². The van der Waals surface area contributed by atoms with Crippen molar-refractivity contribution in [2.45, 2.75) is 19.8 Å². The van der Waals surface area contributed by atoms with Crippen molar-refractivity contribution in [2.24, 2.45) is 0 Å². The molecule has 1 aromatic heterocycles. The number of piperazine rings is 1. The summed E-state index contributed by atoms with van der Waals surface area (Å²) in [6.45, 7) is 7.72. The molecule has 0 bridgehead atoms. The normalized spacial score (nSPS) is 13.9. The first-order valence-electron chi connectivity index (χ1n) is 12.4. The summed E-state index contributed by atoms with van der Waals surface area (Å²) in [6, 6.07) is 18.1. The van der Waals surface area contributed by atoms with Crippen LogP contribution in [0.25, 0.3) is 0 Å². The second-order valence-corrected chi connectivity index (χ2v) is 8.85. The highest BCUT2D eigenvalue weighted by molar-refractivity contribution is 5.94. The molecule has 4 rings (SSSR count). The first-order chi connectivity index (χ1) is 17.6. The number of carbonyl (C=O) groups is 1. The van der Waals surface area contributed by atoms with Gasteiger partial charge in [-0.1, -0.05) is 13.0 Å². The highest BCUT2D eigenvalue weighted by atomic mass is 16.6. The molecule has 1 saturated heterocycles. The number of hydroxylamine groups is 1. The Labute approximate surface area is 213 Å². The van der Waals surface area contributed by atoms with Crippen molar-refractivity contribution in [3.05, 3.63) is 77.5 Å². The second-order valence-electron chi connectivity index (χ2n) is 8.85. The molecular weight excluding hydrogens is 454 g/mol. The molecule has 0 atom stereocenters. The lowest BCUT2D eigenvalue weighted by molar-refractivity contribution is 0.0537. The number of rotatable bonds is 10. The van der Waals surface area contributed by atoms with Gasteiger partial charge in [0, 0.05) is 49.3 Å². The zero-order chi connectivity index (χ0) is 25.3. The minimum Gasteiger partial charge on any atom is -0.497 e. The van der Waals surface area contributed by atoms with Crippen molar-refractivity contribution < 1.29 is 14.4 Å². The van der Waals surface area contributed by atoms with Gasteiger partial charge < -0.3 is 19.9 Å². The minimum absolute atomic E-state index is 0.304. The molecule has 1 fully saturated rings. The Bertz CT molecular complexity index is 1130. The second kappa shape index (κ2) is 12.4. The van der Waals surface area contributed by atoms with E-state index in [2.05, 4.69) is 62.8 Å². The number of nitrogens with one attached hydrogen (secondary N) is 2. The Hall–Kier alpha value is -3.62. The summed E-state index contributed by atoms with van der Waals surface area (Å²) in [5.41, 5.74) is 7.25. The van der Waals surface area contributed by atoms with Gasteiger partial charge in [-0.15, -0.1) is 0 Å². The summed E-state index contributed by atoms with van der Waals surface area (Å²) in [7, 11) is 3.00. The van der Waals surface area contributed by atoms with E-state index in [1.807, 2.05) is 24.4 Å². The van der Waals surface area contributed by atoms with E-state index in [1.165, 1.54) is 12.8 Å². The first kappa shape index (κ1) is 25.5. The van der Waals surface area contributed by atoms with E-state index in [9.17, 15) is 4.79 Å². The monoisotopic (exact) mass is 489 g/mol. The number of pyridine rings is 1. The lowest BCUT2D eigenvalue weighted by atomic mass is 10.0. The van der Waals surface area contributed by atoms with Crippen LogP contribution >= 0.6 is 0 Å². The van der Waals surface area contributed by atoms with Gasteiger partial charge in [0.15, 0.2) is 0 Å². The number of amides is 1. The van der Waals surface area contributed by atoms with Crippen molar-refractivity contribution in [1.82, 2.24) is 15.4 Å². The fraction of sp³-hybridized carbons (Fsp3) is 0.357. The van der Waals surface area contributed by atoms with Gasteiger partial charge in [-0.2, -0.15) is 0 Å². The summed E-state index contributed by atoms with van der Waals surface area (Å²) in [4.78, 5) is 26.4. The Morgan fingerprint density at radius 1 is 0.944 bits per heavy atom. The zero-order valence-corrected chi connectivity index (χ0v) is 21.3. The third kappa shape index (κ3) is 6.74. The molecule has 0 saturated carbocycles. The van der Waals surface area contributed by atoms with Gasteiger partial charge in [0.05, 0.1) is 14.2 Å². The van der Waals surface area contributed by atoms with Crippen LogP contribution in [0.3, 0.4) is 0 Å². The zero-order valence-electron chi connectivity index (χ0n) is 21.3. The van der Waals surface area contributed by atoms with Crippen molar-refractivity contribution in [3.63, 3.8) is 0 Å². The fourth-order valence-electron chi connectivity index (χ4n) is 4.37. The summed E-state index contributed by atoms with van der Waals surface area (Å²) >= 11 is 0. The van der Waals surface area contributed by atoms with Crippen LogP contribution in [0.1, 0.15) is 28.4 Å². The minimum atomic E-state index is -0.304. The average Bonchev–Trinajstić information content (AvgIpc) is 2.93.